The first kappa shape index (κ1) is 12.5. The van der Waals surface area contributed by atoms with Crippen molar-refractivity contribution >= 4 is 27.1 Å². The van der Waals surface area contributed by atoms with Crippen molar-refractivity contribution in [2.75, 3.05) is 4.90 Å². The summed E-state index contributed by atoms with van der Waals surface area (Å²) in [6, 6.07) is 10.2. The number of hydrogen-bond acceptors (Lipinski definition) is 5. The largest absolute Gasteiger partial charge is 0.313 e. The third-order valence-electron chi connectivity index (χ3n) is 3.78. The van der Waals surface area contributed by atoms with E-state index < -0.39 is 0 Å². The van der Waals surface area contributed by atoms with E-state index in [1.807, 2.05) is 13.0 Å². The van der Waals surface area contributed by atoms with Crippen molar-refractivity contribution < 1.29 is 0 Å². The molecule has 106 valence electrons. The van der Waals surface area contributed by atoms with Gasteiger partial charge >= 0.3 is 0 Å². The lowest BCUT2D eigenvalue weighted by Crippen LogP contribution is -2.24. The summed E-state index contributed by atoms with van der Waals surface area (Å²) in [6.07, 6.45) is 0.994. The third kappa shape index (κ3) is 1.86. The summed E-state index contributed by atoms with van der Waals surface area (Å²) in [6.45, 7) is 4.00. The van der Waals surface area contributed by atoms with Gasteiger partial charge in [-0.25, -0.2) is 4.98 Å². The van der Waals surface area contributed by atoms with Crippen molar-refractivity contribution in [1.29, 1.82) is 0 Å². The average molecular weight is 298 g/mol. The second kappa shape index (κ2) is 4.39. The number of hydrogen-bond donors (Lipinski definition) is 0. The lowest BCUT2D eigenvalue weighted by atomic mass is 10.1. The van der Waals surface area contributed by atoms with Crippen LogP contribution in [0.15, 0.2) is 35.1 Å². The molecule has 3 heterocycles. The molecular formula is C15H14N4OS. The number of benzene rings is 1. The van der Waals surface area contributed by atoms with Crippen LogP contribution in [-0.2, 0) is 6.42 Å². The van der Waals surface area contributed by atoms with Crippen LogP contribution in [0.25, 0.3) is 4.96 Å². The van der Waals surface area contributed by atoms with Crippen LogP contribution < -0.4 is 10.5 Å². The Morgan fingerprint density at radius 2 is 2.14 bits per heavy atom. The Balaban J connectivity index is 1.91. The van der Waals surface area contributed by atoms with Crippen molar-refractivity contribution in [3.8, 4) is 0 Å². The molecule has 1 aliphatic heterocycles. The van der Waals surface area contributed by atoms with E-state index in [9.17, 15) is 4.79 Å². The van der Waals surface area contributed by atoms with Crippen LogP contribution in [0.4, 0.5) is 10.8 Å². The van der Waals surface area contributed by atoms with Gasteiger partial charge < -0.3 is 4.90 Å². The molecule has 1 unspecified atom stereocenters. The minimum absolute atomic E-state index is 0.125. The predicted octanol–water partition coefficient (Wildman–Crippen LogP) is 2.54. The molecule has 6 heteroatoms. The van der Waals surface area contributed by atoms with Gasteiger partial charge in [0.15, 0.2) is 0 Å². The second-order valence-corrected chi connectivity index (χ2v) is 6.30. The molecule has 0 bridgehead atoms. The molecular weight excluding hydrogens is 284 g/mol. The summed E-state index contributed by atoms with van der Waals surface area (Å²) >= 11 is 1.46. The fourth-order valence-electron chi connectivity index (χ4n) is 2.86. The van der Waals surface area contributed by atoms with Crippen molar-refractivity contribution in [1.82, 2.24) is 14.6 Å². The maximum atomic E-state index is 12.0. The Bertz CT molecular complexity index is 898. The summed E-state index contributed by atoms with van der Waals surface area (Å²) in [5.41, 5.74) is 3.10. The van der Waals surface area contributed by atoms with Crippen LogP contribution in [0.5, 0.6) is 0 Å². The molecule has 0 fully saturated rings. The maximum absolute atomic E-state index is 12.0. The molecule has 1 atom stereocenters. The van der Waals surface area contributed by atoms with E-state index in [0.29, 0.717) is 11.0 Å². The third-order valence-corrected chi connectivity index (χ3v) is 4.68. The summed E-state index contributed by atoms with van der Waals surface area (Å²) in [5.74, 6) is 0. The lowest BCUT2D eigenvalue weighted by Gasteiger charge is -2.20. The first-order valence-electron chi connectivity index (χ1n) is 6.88. The zero-order valence-electron chi connectivity index (χ0n) is 11.8. The summed E-state index contributed by atoms with van der Waals surface area (Å²) in [7, 11) is 0. The number of fused-ring (bicyclic) bond motifs is 2. The van der Waals surface area contributed by atoms with Gasteiger partial charge in [0.1, 0.15) is 0 Å². The van der Waals surface area contributed by atoms with E-state index >= 15 is 0 Å². The van der Waals surface area contributed by atoms with E-state index in [-0.39, 0.29) is 5.56 Å². The van der Waals surface area contributed by atoms with Crippen LogP contribution in [0.1, 0.15) is 18.2 Å². The van der Waals surface area contributed by atoms with Crippen LogP contribution in [0, 0.1) is 6.92 Å². The van der Waals surface area contributed by atoms with Crippen LogP contribution >= 0.6 is 11.3 Å². The molecule has 21 heavy (non-hydrogen) atoms. The van der Waals surface area contributed by atoms with Gasteiger partial charge in [0, 0.05) is 23.5 Å². The molecule has 4 rings (SSSR count). The minimum atomic E-state index is -0.125. The van der Waals surface area contributed by atoms with Gasteiger partial charge in [-0.15, -0.1) is 5.10 Å². The van der Waals surface area contributed by atoms with Gasteiger partial charge in [-0.3, -0.25) is 4.79 Å². The van der Waals surface area contributed by atoms with E-state index in [2.05, 4.69) is 40.1 Å². The molecule has 2 aromatic heterocycles. The molecule has 0 saturated heterocycles. The van der Waals surface area contributed by atoms with Gasteiger partial charge in [-0.1, -0.05) is 29.5 Å². The van der Waals surface area contributed by atoms with Crippen molar-refractivity contribution in [2.24, 2.45) is 0 Å². The van der Waals surface area contributed by atoms with Gasteiger partial charge in [0.25, 0.3) is 5.56 Å². The Morgan fingerprint density at radius 3 is 3.00 bits per heavy atom. The second-order valence-electron chi connectivity index (χ2n) is 5.37. The quantitative estimate of drug-likeness (QED) is 0.693. The summed E-state index contributed by atoms with van der Waals surface area (Å²) in [5, 5.41) is 5.29. The van der Waals surface area contributed by atoms with E-state index in [4.69, 9.17) is 0 Å². The highest BCUT2D eigenvalue weighted by molar-refractivity contribution is 7.20. The molecule has 0 spiro atoms. The molecule has 5 nitrogen and oxygen atoms in total. The highest BCUT2D eigenvalue weighted by atomic mass is 32.1. The van der Waals surface area contributed by atoms with E-state index in [0.717, 1.165) is 17.2 Å². The number of anilines is 2. The molecule has 0 aliphatic carbocycles. The summed E-state index contributed by atoms with van der Waals surface area (Å²) in [4.78, 5) is 19.2. The van der Waals surface area contributed by atoms with Gasteiger partial charge in [0.2, 0.25) is 10.1 Å². The van der Waals surface area contributed by atoms with Gasteiger partial charge in [0.05, 0.1) is 0 Å². The molecule has 0 N–H and O–H groups in total. The normalized spacial score (nSPS) is 17.4. The SMILES string of the molecule is Cc1cc(=O)n2nc(N3c4ccccc4CC3C)sc2n1. The zero-order chi connectivity index (χ0) is 14.6. The Hall–Kier alpha value is -2.21. The number of aryl methyl sites for hydroxylation is 1. The number of aromatic nitrogens is 3. The first-order chi connectivity index (χ1) is 10.1. The Labute approximate surface area is 125 Å². The maximum Gasteiger partial charge on any atom is 0.275 e. The molecule has 0 amide bonds. The Kier molecular flexibility index (Phi) is 2.62. The predicted molar refractivity (Wildman–Crippen MR) is 83.6 cm³/mol. The standard InChI is InChI=1S/C15H14N4OS/c1-9-7-13(20)19-14(16-9)21-15(17-19)18-10(2)8-11-5-3-4-6-12(11)18/h3-7,10H,8H2,1-2H3. The highest BCUT2D eigenvalue weighted by Gasteiger charge is 2.29. The highest BCUT2D eigenvalue weighted by Crippen LogP contribution is 2.39. The fourth-order valence-corrected chi connectivity index (χ4v) is 3.93. The molecule has 1 aromatic carbocycles. The van der Waals surface area contributed by atoms with Crippen molar-refractivity contribution in [3.05, 3.63) is 51.9 Å². The molecule has 0 radical (unpaired) electrons. The average Bonchev–Trinajstić information content (AvgIpc) is 2.98. The number of nitrogens with zero attached hydrogens (tertiary/aromatic N) is 4. The Morgan fingerprint density at radius 1 is 1.33 bits per heavy atom. The zero-order valence-corrected chi connectivity index (χ0v) is 12.6. The first-order valence-corrected chi connectivity index (χ1v) is 7.70. The fraction of sp³-hybridized carbons (Fsp3) is 0.267. The molecule has 0 saturated carbocycles. The van der Waals surface area contributed by atoms with Crippen LogP contribution in [0.2, 0.25) is 0 Å². The lowest BCUT2D eigenvalue weighted by molar-refractivity contribution is 0.745. The van der Waals surface area contributed by atoms with Crippen molar-refractivity contribution in [3.63, 3.8) is 0 Å². The van der Waals surface area contributed by atoms with E-state index in [1.165, 1.54) is 33.2 Å². The smallest absolute Gasteiger partial charge is 0.275 e. The number of rotatable bonds is 1. The minimum Gasteiger partial charge on any atom is -0.313 e. The summed E-state index contributed by atoms with van der Waals surface area (Å²) < 4.78 is 1.39. The van der Waals surface area contributed by atoms with Gasteiger partial charge in [-0.05, 0) is 31.9 Å². The van der Waals surface area contributed by atoms with Crippen LogP contribution in [0.3, 0.4) is 0 Å². The van der Waals surface area contributed by atoms with Crippen molar-refractivity contribution in [2.45, 2.75) is 26.3 Å². The molecule has 1 aliphatic rings. The molecule has 3 aromatic rings. The van der Waals surface area contributed by atoms with Crippen LogP contribution in [-0.4, -0.2) is 20.6 Å². The monoisotopic (exact) mass is 298 g/mol. The topological polar surface area (TPSA) is 50.5 Å². The number of para-hydroxylation sites is 1. The van der Waals surface area contributed by atoms with E-state index in [1.54, 1.807) is 0 Å². The van der Waals surface area contributed by atoms with Gasteiger partial charge in [-0.2, -0.15) is 4.52 Å².